The summed E-state index contributed by atoms with van der Waals surface area (Å²) in [5.41, 5.74) is 1.99. The molecule has 6 nitrogen and oxygen atoms in total. The van der Waals surface area contributed by atoms with Crippen molar-refractivity contribution in [1.82, 2.24) is 5.01 Å². The molecule has 2 N–H and O–H groups in total. The minimum atomic E-state index is -4.46. The Morgan fingerprint density at radius 1 is 1.00 bits per heavy atom. The molecule has 0 saturated carbocycles. The third kappa shape index (κ3) is 5.89. The van der Waals surface area contributed by atoms with Crippen molar-refractivity contribution in [2.45, 2.75) is 12.6 Å². The van der Waals surface area contributed by atoms with Gasteiger partial charge in [0.25, 0.3) is 0 Å². The molecule has 1 heterocycles. The van der Waals surface area contributed by atoms with Gasteiger partial charge in [-0.2, -0.15) is 18.3 Å². The Kier molecular flexibility index (Phi) is 6.93. The molecule has 1 unspecified atom stereocenters. The van der Waals surface area contributed by atoms with E-state index in [4.69, 9.17) is 5.11 Å². The molecule has 0 spiro atoms. The Balaban J connectivity index is 1.54. The van der Waals surface area contributed by atoms with Crippen LogP contribution in [0.2, 0.25) is 0 Å². The molecule has 0 aliphatic carbocycles. The number of aromatic carboxylic acids is 1. The predicted octanol–water partition coefficient (Wildman–Crippen LogP) is 6.28. The number of carbonyl (C=O) groups is 2. The Bertz CT molecular complexity index is 1260. The quantitative estimate of drug-likeness (QED) is 0.396. The summed E-state index contributed by atoms with van der Waals surface area (Å²) >= 11 is 3.40. The number of anilines is 1. The number of nitrogens with one attached hydrogen (secondary N) is 1. The number of carboxylic acid groups (broad SMARTS) is 1. The molecule has 3 aromatic carbocycles. The zero-order valence-electron chi connectivity index (χ0n) is 18.1. The van der Waals surface area contributed by atoms with Crippen molar-refractivity contribution in [2.24, 2.45) is 11.0 Å². The maximum atomic E-state index is 12.9. The van der Waals surface area contributed by atoms with Crippen molar-refractivity contribution in [1.29, 1.82) is 0 Å². The van der Waals surface area contributed by atoms with Gasteiger partial charge in [0.1, 0.15) is 0 Å². The molecule has 180 valence electrons. The minimum Gasteiger partial charge on any atom is -0.478 e. The van der Waals surface area contributed by atoms with Crippen LogP contribution in [-0.2, 0) is 12.6 Å². The number of hydrazone groups is 1. The van der Waals surface area contributed by atoms with Crippen LogP contribution in [-0.4, -0.2) is 34.4 Å². The van der Waals surface area contributed by atoms with Crippen molar-refractivity contribution in [2.75, 3.05) is 11.9 Å². The van der Waals surface area contributed by atoms with E-state index in [1.807, 2.05) is 24.3 Å². The molecule has 0 fully saturated rings. The van der Waals surface area contributed by atoms with Crippen LogP contribution in [0.1, 0.15) is 27.0 Å². The number of halogens is 4. The first-order chi connectivity index (χ1) is 16.6. The molecule has 4 rings (SSSR count). The molecule has 1 aliphatic heterocycles. The van der Waals surface area contributed by atoms with Crippen molar-refractivity contribution >= 4 is 39.3 Å². The summed E-state index contributed by atoms with van der Waals surface area (Å²) in [5, 5.41) is 17.5. The predicted molar refractivity (Wildman–Crippen MR) is 128 cm³/mol. The lowest BCUT2D eigenvalue weighted by atomic mass is 9.91. The molecule has 10 heteroatoms. The average molecular weight is 546 g/mol. The van der Waals surface area contributed by atoms with Gasteiger partial charge in [-0.15, -0.1) is 0 Å². The third-order valence-corrected chi connectivity index (χ3v) is 6.06. The second-order valence-corrected chi connectivity index (χ2v) is 8.90. The molecule has 2 amide bonds. The Morgan fingerprint density at radius 2 is 1.63 bits per heavy atom. The number of hydrogen-bond acceptors (Lipinski definition) is 3. The van der Waals surface area contributed by atoms with E-state index in [0.29, 0.717) is 12.1 Å². The summed E-state index contributed by atoms with van der Waals surface area (Å²) in [6.45, 7) is 0.249. The van der Waals surface area contributed by atoms with Crippen LogP contribution in [0.15, 0.2) is 82.4 Å². The van der Waals surface area contributed by atoms with Crippen LogP contribution in [0.5, 0.6) is 0 Å². The number of carbonyl (C=O) groups excluding carboxylic acids is 1. The van der Waals surface area contributed by atoms with Crippen molar-refractivity contribution < 1.29 is 27.9 Å². The lowest BCUT2D eigenvalue weighted by Gasteiger charge is -2.16. The summed E-state index contributed by atoms with van der Waals surface area (Å²) in [6, 6.07) is 17.6. The number of hydrogen-bond donors (Lipinski definition) is 2. The van der Waals surface area contributed by atoms with Crippen molar-refractivity contribution in [3.8, 4) is 0 Å². The fraction of sp³-hybridized carbons (Fsp3) is 0.160. The number of nitrogens with zero attached hydrogens (tertiary/aromatic N) is 2. The van der Waals surface area contributed by atoms with Gasteiger partial charge in [0, 0.05) is 16.1 Å². The summed E-state index contributed by atoms with van der Waals surface area (Å²) < 4.78 is 39.3. The van der Waals surface area contributed by atoms with Gasteiger partial charge >= 0.3 is 18.2 Å². The van der Waals surface area contributed by atoms with E-state index >= 15 is 0 Å². The average Bonchev–Trinajstić information content (AvgIpc) is 3.23. The Labute approximate surface area is 207 Å². The van der Waals surface area contributed by atoms with Crippen molar-refractivity contribution in [3.63, 3.8) is 0 Å². The maximum Gasteiger partial charge on any atom is 0.416 e. The zero-order chi connectivity index (χ0) is 25.2. The molecule has 0 bridgehead atoms. The van der Waals surface area contributed by atoms with E-state index in [1.165, 1.54) is 29.3 Å². The number of amides is 2. The van der Waals surface area contributed by atoms with Gasteiger partial charge in [0.15, 0.2) is 0 Å². The number of benzene rings is 3. The fourth-order valence-electron chi connectivity index (χ4n) is 3.75. The van der Waals surface area contributed by atoms with Crippen LogP contribution in [0.4, 0.5) is 23.7 Å². The SMILES string of the molecule is O=C(O)c1ccc(CC2CN(C(=O)Nc3ccc(C(F)(F)F)cc3)N=C2c2ccc(Br)cc2)cc1. The monoisotopic (exact) mass is 545 g/mol. The van der Waals surface area contributed by atoms with Crippen LogP contribution in [0.25, 0.3) is 0 Å². The highest BCUT2D eigenvalue weighted by atomic mass is 79.9. The highest BCUT2D eigenvalue weighted by molar-refractivity contribution is 9.10. The van der Waals surface area contributed by atoms with Gasteiger partial charge in [-0.1, -0.05) is 40.2 Å². The normalized spacial score (nSPS) is 15.6. The smallest absolute Gasteiger partial charge is 0.416 e. The molecule has 0 saturated heterocycles. The highest BCUT2D eigenvalue weighted by Gasteiger charge is 2.32. The molecule has 1 aliphatic rings. The van der Waals surface area contributed by atoms with Crippen molar-refractivity contribution in [3.05, 3.63) is 99.5 Å². The molecule has 0 radical (unpaired) electrons. The minimum absolute atomic E-state index is 0.176. The van der Waals surface area contributed by atoms with Gasteiger partial charge in [-0.05, 0) is 66.1 Å². The van der Waals surface area contributed by atoms with Crippen LogP contribution >= 0.6 is 15.9 Å². The number of rotatable bonds is 5. The summed E-state index contributed by atoms with van der Waals surface area (Å²) in [6.07, 6.45) is -3.95. The Hall–Kier alpha value is -3.66. The van der Waals surface area contributed by atoms with Crippen LogP contribution in [0, 0.1) is 5.92 Å². The lowest BCUT2D eigenvalue weighted by molar-refractivity contribution is -0.137. The second-order valence-electron chi connectivity index (χ2n) is 7.98. The van der Waals surface area contributed by atoms with Gasteiger partial charge in [-0.25, -0.2) is 14.6 Å². The first-order valence-corrected chi connectivity index (χ1v) is 11.3. The van der Waals surface area contributed by atoms with E-state index < -0.39 is 23.7 Å². The summed E-state index contributed by atoms with van der Waals surface area (Å²) in [7, 11) is 0. The van der Waals surface area contributed by atoms with E-state index in [2.05, 4.69) is 26.3 Å². The second kappa shape index (κ2) is 9.91. The summed E-state index contributed by atoms with van der Waals surface area (Å²) in [4.78, 5) is 24.0. The van der Waals surface area contributed by atoms with Gasteiger partial charge in [0.2, 0.25) is 0 Å². The first-order valence-electron chi connectivity index (χ1n) is 10.5. The topological polar surface area (TPSA) is 82.0 Å². The van der Waals surface area contributed by atoms with Gasteiger partial charge < -0.3 is 10.4 Å². The molecule has 1 atom stereocenters. The fourth-order valence-corrected chi connectivity index (χ4v) is 4.01. The van der Waals surface area contributed by atoms with E-state index in [0.717, 1.165) is 27.7 Å². The third-order valence-electron chi connectivity index (χ3n) is 5.53. The molecular formula is C25H19BrF3N3O3. The maximum absolute atomic E-state index is 12.9. The molecular weight excluding hydrogens is 527 g/mol. The van der Waals surface area contributed by atoms with E-state index in [9.17, 15) is 22.8 Å². The number of alkyl halides is 3. The lowest BCUT2D eigenvalue weighted by Crippen LogP contribution is -2.31. The molecule has 35 heavy (non-hydrogen) atoms. The van der Waals surface area contributed by atoms with E-state index in [1.54, 1.807) is 12.1 Å². The van der Waals surface area contributed by atoms with E-state index in [-0.39, 0.29) is 23.7 Å². The van der Waals surface area contributed by atoms with Crippen LogP contribution < -0.4 is 5.32 Å². The first kappa shape index (κ1) is 24.5. The molecule has 3 aromatic rings. The van der Waals surface area contributed by atoms with Gasteiger partial charge in [0.05, 0.1) is 23.4 Å². The standard InChI is InChI=1S/C25H19BrF3N3O3/c26-20-9-5-16(6-10-20)22-18(13-15-1-3-17(4-2-15)23(33)34)14-32(31-22)24(35)30-21-11-7-19(8-12-21)25(27,28)29/h1-12,18H,13-14H2,(H,30,35)(H,33,34). The highest BCUT2D eigenvalue weighted by Crippen LogP contribution is 2.30. The molecule has 0 aromatic heterocycles. The van der Waals surface area contributed by atoms with Crippen LogP contribution in [0.3, 0.4) is 0 Å². The summed E-state index contributed by atoms with van der Waals surface area (Å²) in [5.74, 6) is -1.19. The Morgan fingerprint density at radius 3 is 2.20 bits per heavy atom. The van der Waals surface area contributed by atoms with Gasteiger partial charge in [-0.3, -0.25) is 0 Å². The number of carboxylic acids is 1. The zero-order valence-corrected chi connectivity index (χ0v) is 19.7. The number of urea groups is 1. The largest absolute Gasteiger partial charge is 0.478 e.